The molecule has 0 amide bonds. The molecule has 14 heavy (non-hydrogen) atoms. The molecule has 0 aromatic carbocycles. The average molecular weight is 201 g/mol. The van der Waals surface area contributed by atoms with E-state index in [1.807, 2.05) is 20.8 Å². The van der Waals surface area contributed by atoms with Crippen molar-refractivity contribution >= 4 is 5.97 Å². The Balaban J connectivity index is 4.23. The molecule has 1 N–H and O–H groups in total. The Hall–Kier alpha value is -0.570. The van der Waals surface area contributed by atoms with Gasteiger partial charge < -0.3 is 4.74 Å². The predicted octanol–water partition coefficient (Wildman–Crippen LogP) is 2.11. The molecule has 0 aliphatic heterocycles. The summed E-state index contributed by atoms with van der Waals surface area (Å²) in [5, 5.41) is 3.30. The molecule has 0 fully saturated rings. The first kappa shape index (κ1) is 13.4. The summed E-state index contributed by atoms with van der Waals surface area (Å²) in [4.78, 5) is 11.5. The van der Waals surface area contributed by atoms with Crippen molar-refractivity contribution in [2.45, 2.75) is 59.0 Å². The van der Waals surface area contributed by atoms with Crippen LogP contribution in [0.4, 0.5) is 0 Å². The quantitative estimate of drug-likeness (QED) is 0.669. The molecule has 0 aliphatic rings. The molecule has 0 spiro atoms. The molecule has 0 rings (SSSR count). The lowest BCUT2D eigenvalue weighted by molar-refractivity contribution is -0.150. The van der Waals surface area contributed by atoms with Crippen LogP contribution in [0.2, 0.25) is 0 Å². The van der Waals surface area contributed by atoms with Crippen molar-refractivity contribution in [2.75, 3.05) is 6.61 Å². The van der Waals surface area contributed by atoms with Gasteiger partial charge in [0.25, 0.3) is 0 Å². The Kier molecular flexibility index (Phi) is 5.77. The van der Waals surface area contributed by atoms with Crippen molar-refractivity contribution in [3.8, 4) is 0 Å². The van der Waals surface area contributed by atoms with Gasteiger partial charge in [-0.05, 0) is 33.6 Å². The van der Waals surface area contributed by atoms with Crippen LogP contribution in [0, 0.1) is 0 Å². The first-order valence-electron chi connectivity index (χ1n) is 5.42. The molecule has 0 atom stereocenters. The van der Waals surface area contributed by atoms with Crippen molar-refractivity contribution < 1.29 is 9.53 Å². The summed E-state index contributed by atoms with van der Waals surface area (Å²) in [6, 6.07) is 0.384. The third-order valence-corrected chi connectivity index (χ3v) is 2.34. The highest BCUT2D eigenvalue weighted by Gasteiger charge is 2.30. The molecule has 0 bridgehead atoms. The van der Waals surface area contributed by atoms with Crippen LogP contribution in [-0.4, -0.2) is 24.2 Å². The van der Waals surface area contributed by atoms with Crippen molar-refractivity contribution in [2.24, 2.45) is 0 Å². The Morgan fingerprint density at radius 2 is 1.79 bits per heavy atom. The lowest BCUT2D eigenvalue weighted by atomic mass is 10.0. The number of nitrogens with one attached hydrogen (secondary N) is 1. The topological polar surface area (TPSA) is 38.3 Å². The van der Waals surface area contributed by atoms with Crippen molar-refractivity contribution in [3.63, 3.8) is 0 Å². The maximum absolute atomic E-state index is 11.5. The van der Waals surface area contributed by atoms with Crippen molar-refractivity contribution in [3.05, 3.63) is 0 Å². The van der Waals surface area contributed by atoms with Gasteiger partial charge in [0.05, 0.1) is 6.61 Å². The van der Waals surface area contributed by atoms with Crippen LogP contribution < -0.4 is 5.32 Å². The largest absolute Gasteiger partial charge is 0.465 e. The van der Waals surface area contributed by atoms with Crippen LogP contribution in [0.25, 0.3) is 0 Å². The number of rotatable bonds is 6. The van der Waals surface area contributed by atoms with Crippen LogP contribution >= 0.6 is 0 Å². The van der Waals surface area contributed by atoms with E-state index in [0.717, 1.165) is 12.8 Å². The third-order valence-electron chi connectivity index (χ3n) is 2.34. The van der Waals surface area contributed by atoms with E-state index in [2.05, 4.69) is 19.2 Å². The molecule has 0 aromatic rings. The third kappa shape index (κ3) is 4.09. The maximum atomic E-state index is 11.5. The Morgan fingerprint density at radius 3 is 2.14 bits per heavy atom. The molecular weight excluding hydrogens is 178 g/mol. The van der Waals surface area contributed by atoms with Gasteiger partial charge in [0.2, 0.25) is 0 Å². The molecule has 3 heteroatoms. The lowest BCUT2D eigenvalue weighted by Gasteiger charge is -2.28. The molecule has 0 aliphatic carbocycles. The second kappa shape index (κ2) is 6.02. The smallest absolute Gasteiger partial charge is 0.325 e. The van der Waals surface area contributed by atoms with Gasteiger partial charge in [0.1, 0.15) is 5.54 Å². The number of carbonyl (C=O) groups is 1. The van der Waals surface area contributed by atoms with Gasteiger partial charge in [-0.15, -0.1) is 0 Å². The first-order chi connectivity index (χ1) is 6.47. The van der Waals surface area contributed by atoms with Gasteiger partial charge in [-0.1, -0.05) is 13.8 Å². The fraction of sp³-hybridized carbons (Fsp3) is 0.909. The first-order valence-corrected chi connectivity index (χ1v) is 5.42. The lowest BCUT2D eigenvalue weighted by Crippen LogP contribution is -2.52. The molecule has 0 saturated heterocycles. The standard InChI is InChI=1S/C11H23NO2/c1-6-9(7-2)12-11(4,5)10(13)14-8-3/h9,12H,6-8H2,1-5H3. The van der Waals surface area contributed by atoms with Gasteiger partial charge in [0, 0.05) is 6.04 Å². The Bertz CT molecular complexity index is 174. The number of hydrogen-bond acceptors (Lipinski definition) is 3. The summed E-state index contributed by atoms with van der Waals surface area (Å²) >= 11 is 0. The monoisotopic (exact) mass is 201 g/mol. The van der Waals surface area contributed by atoms with E-state index in [1.54, 1.807) is 0 Å². The zero-order valence-electron chi connectivity index (χ0n) is 10.0. The van der Waals surface area contributed by atoms with E-state index < -0.39 is 5.54 Å². The molecule has 0 unspecified atom stereocenters. The van der Waals surface area contributed by atoms with Crippen LogP contribution in [0.15, 0.2) is 0 Å². The van der Waals surface area contributed by atoms with E-state index in [1.165, 1.54) is 0 Å². The highest BCUT2D eigenvalue weighted by molar-refractivity contribution is 5.79. The highest BCUT2D eigenvalue weighted by atomic mass is 16.5. The van der Waals surface area contributed by atoms with Gasteiger partial charge in [-0.2, -0.15) is 0 Å². The van der Waals surface area contributed by atoms with E-state index in [4.69, 9.17) is 4.74 Å². The number of carbonyl (C=O) groups excluding carboxylic acids is 1. The van der Waals surface area contributed by atoms with Crippen molar-refractivity contribution in [1.29, 1.82) is 0 Å². The van der Waals surface area contributed by atoms with Gasteiger partial charge in [0.15, 0.2) is 0 Å². The molecular formula is C11H23NO2. The molecule has 0 radical (unpaired) electrons. The minimum absolute atomic E-state index is 0.174. The van der Waals surface area contributed by atoms with E-state index in [-0.39, 0.29) is 5.97 Å². The molecule has 0 aromatic heterocycles. The molecule has 0 saturated carbocycles. The van der Waals surface area contributed by atoms with E-state index >= 15 is 0 Å². The number of esters is 1. The minimum Gasteiger partial charge on any atom is -0.465 e. The van der Waals surface area contributed by atoms with Crippen molar-refractivity contribution in [1.82, 2.24) is 5.32 Å². The summed E-state index contributed by atoms with van der Waals surface area (Å²) in [5.74, 6) is -0.174. The second-order valence-electron chi connectivity index (χ2n) is 4.00. The molecule has 0 heterocycles. The van der Waals surface area contributed by atoms with Crippen LogP contribution in [0.3, 0.4) is 0 Å². The second-order valence-corrected chi connectivity index (χ2v) is 4.00. The van der Waals surface area contributed by atoms with Gasteiger partial charge >= 0.3 is 5.97 Å². The fourth-order valence-electron chi connectivity index (χ4n) is 1.37. The average Bonchev–Trinajstić information content (AvgIpc) is 2.14. The summed E-state index contributed by atoms with van der Waals surface area (Å²) in [7, 11) is 0. The number of hydrogen-bond donors (Lipinski definition) is 1. The van der Waals surface area contributed by atoms with Gasteiger partial charge in [-0.25, -0.2) is 0 Å². The highest BCUT2D eigenvalue weighted by Crippen LogP contribution is 2.09. The van der Waals surface area contributed by atoms with E-state index in [0.29, 0.717) is 12.6 Å². The van der Waals surface area contributed by atoms with Crippen LogP contribution in [0.1, 0.15) is 47.5 Å². The normalized spacial score (nSPS) is 11.9. The SMILES string of the molecule is CCOC(=O)C(C)(C)NC(CC)CC. The number of ether oxygens (including phenoxy) is 1. The van der Waals surface area contributed by atoms with Gasteiger partial charge in [-0.3, -0.25) is 10.1 Å². The van der Waals surface area contributed by atoms with Crippen LogP contribution in [-0.2, 0) is 9.53 Å². The summed E-state index contributed by atoms with van der Waals surface area (Å²) in [6.07, 6.45) is 2.05. The molecule has 84 valence electrons. The van der Waals surface area contributed by atoms with Crippen LogP contribution in [0.5, 0.6) is 0 Å². The van der Waals surface area contributed by atoms with E-state index in [9.17, 15) is 4.79 Å². The summed E-state index contributed by atoms with van der Waals surface area (Å²) in [5.41, 5.74) is -0.577. The minimum atomic E-state index is -0.577. The zero-order chi connectivity index (χ0) is 11.2. The molecule has 3 nitrogen and oxygen atoms in total. The predicted molar refractivity (Wildman–Crippen MR) is 58.2 cm³/mol. The fourth-order valence-corrected chi connectivity index (χ4v) is 1.37. The zero-order valence-corrected chi connectivity index (χ0v) is 10.0. The summed E-state index contributed by atoms with van der Waals surface area (Å²) in [6.45, 7) is 10.2. The summed E-state index contributed by atoms with van der Waals surface area (Å²) < 4.78 is 5.00. The maximum Gasteiger partial charge on any atom is 0.325 e. The Morgan fingerprint density at radius 1 is 1.29 bits per heavy atom. The Labute approximate surface area is 87.2 Å².